The average molecular weight is 506 g/mol. The second kappa shape index (κ2) is 9.71. The first-order valence-electron chi connectivity index (χ1n) is 10.6. The normalized spacial score (nSPS) is 18.9. The molecule has 3 nitrogen and oxygen atoms in total. The summed E-state index contributed by atoms with van der Waals surface area (Å²) in [5.74, 6) is -9.45. The van der Waals surface area contributed by atoms with Crippen molar-refractivity contribution < 1.29 is 49.3 Å². The van der Waals surface area contributed by atoms with Gasteiger partial charge in [-0.25, -0.2) is 26.3 Å². The van der Waals surface area contributed by atoms with Crippen LogP contribution in [0.5, 0.6) is 0 Å². The molecule has 1 fully saturated rings. The van der Waals surface area contributed by atoms with E-state index < -0.39 is 77.6 Å². The van der Waals surface area contributed by atoms with Crippen molar-refractivity contribution in [3.63, 3.8) is 0 Å². The molecule has 3 aromatic rings. The highest BCUT2D eigenvalue weighted by Crippen LogP contribution is 2.39. The Morgan fingerprint density at radius 3 is 2.09 bits per heavy atom. The zero-order valence-electron chi connectivity index (χ0n) is 18.1. The van der Waals surface area contributed by atoms with Gasteiger partial charge in [0, 0.05) is 5.56 Å². The monoisotopic (exact) mass is 506 g/mol. The minimum absolute atomic E-state index is 0.126. The Hall–Kier alpha value is -2.76. The van der Waals surface area contributed by atoms with Crippen molar-refractivity contribution >= 4 is 10.8 Å². The third kappa shape index (κ3) is 4.85. The van der Waals surface area contributed by atoms with Crippen molar-refractivity contribution in [1.29, 1.82) is 0 Å². The summed E-state index contributed by atoms with van der Waals surface area (Å²) in [4.78, 5) is 0. The lowest BCUT2D eigenvalue weighted by molar-refractivity contribution is -0.321. The number of fused-ring (bicyclic) bond motifs is 1. The van der Waals surface area contributed by atoms with Gasteiger partial charge in [-0.2, -0.15) is 8.78 Å². The van der Waals surface area contributed by atoms with Crippen LogP contribution in [0, 0.1) is 34.9 Å². The summed E-state index contributed by atoms with van der Waals surface area (Å²) >= 11 is 0. The predicted octanol–water partition coefficient (Wildman–Crippen LogP) is 6.81. The number of alkyl halides is 2. The minimum atomic E-state index is -4.37. The molecular weight excluding hydrogens is 488 g/mol. The second-order valence-electron chi connectivity index (χ2n) is 7.99. The van der Waals surface area contributed by atoms with Gasteiger partial charge < -0.3 is 14.2 Å². The number of aryl methyl sites for hydroxylation is 1. The molecule has 0 bridgehead atoms. The van der Waals surface area contributed by atoms with Crippen LogP contribution in [0.4, 0.5) is 35.1 Å². The topological polar surface area (TPSA) is 27.7 Å². The molecule has 1 saturated heterocycles. The van der Waals surface area contributed by atoms with Crippen LogP contribution in [0.25, 0.3) is 10.8 Å². The number of hydrogen-bond acceptors (Lipinski definition) is 3. The summed E-state index contributed by atoms with van der Waals surface area (Å²) in [6.45, 7) is 0.611. The molecule has 0 radical (unpaired) electrons. The third-order valence-electron chi connectivity index (χ3n) is 5.50. The molecule has 1 aliphatic rings. The van der Waals surface area contributed by atoms with Crippen LogP contribution in [0.2, 0.25) is 0 Å². The average Bonchev–Trinajstić information content (AvgIpc) is 2.81. The van der Waals surface area contributed by atoms with Gasteiger partial charge in [-0.3, -0.25) is 0 Å². The van der Waals surface area contributed by atoms with Crippen LogP contribution in [0.3, 0.4) is 0 Å². The lowest BCUT2D eigenvalue weighted by atomic mass is 9.99. The van der Waals surface area contributed by atoms with Crippen LogP contribution in [0.1, 0.15) is 36.3 Å². The zero-order chi connectivity index (χ0) is 25.5. The first-order chi connectivity index (χ1) is 16.5. The summed E-state index contributed by atoms with van der Waals surface area (Å²) in [6.07, 6.45) is -6.46. The fourth-order valence-corrected chi connectivity index (χ4v) is 3.83. The van der Waals surface area contributed by atoms with Crippen molar-refractivity contribution in [1.82, 2.24) is 0 Å². The van der Waals surface area contributed by atoms with Gasteiger partial charge in [-0.05, 0) is 35.6 Å². The molecule has 0 spiro atoms. The maximum Gasteiger partial charge on any atom is 0.386 e. The van der Waals surface area contributed by atoms with Crippen LogP contribution in [-0.4, -0.2) is 19.3 Å². The zero-order valence-corrected chi connectivity index (χ0v) is 18.1. The summed E-state index contributed by atoms with van der Waals surface area (Å²) in [7, 11) is 0. The van der Waals surface area contributed by atoms with Crippen molar-refractivity contribution in [3.8, 4) is 0 Å². The van der Waals surface area contributed by atoms with E-state index in [0.29, 0.717) is 24.6 Å². The lowest BCUT2D eigenvalue weighted by Gasteiger charge is -2.32. The van der Waals surface area contributed by atoms with Gasteiger partial charge in [0.05, 0.1) is 24.2 Å². The van der Waals surface area contributed by atoms with Gasteiger partial charge in [0.1, 0.15) is 11.9 Å². The van der Waals surface area contributed by atoms with E-state index in [2.05, 4.69) is 4.74 Å². The molecule has 0 N–H and O–H groups in total. The van der Waals surface area contributed by atoms with E-state index in [4.69, 9.17) is 9.47 Å². The van der Waals surface area contributed by atoms with Gasteiger partial charge in [0.25, 0.3) is 0 Å². The molecule has 0 saturated carbocycles. The minimum Gasteiger partial charge on any atom is -0.346 e. The van der Waals surface area contributed by atoms with E-state index in [1.54, 1.807) is 6.92 Å². The fraction of sp³-hybridized carbons (Fsp3) is 0.333. The summed E-state index contributed by atoms with van der Waals surface area (Å²) < 4.78 is 128. The van der Waals surface area contributed by atoms with Gasteiger partial charge in [0.2, 0.25) is 0 Å². The standard InChI is InChI=1S/C24H18F8O3/c1-2-3-11-4-5-12-6-15(20(28)22(30)18(12)19(11)27)24(31,32)35-14-9-33-23(34-10-14)13-7-16(25)21(29)17(26)8-13/h4-8,14,23H,2-3,9-10H2,1H3. The molecule has 3 aromatic carbocycles. The van der Waals surface area contributed by atoms with E-state index in [1.807, 2.05) is 0 Å². The van der Waals surface area contributed by atoms with Crippen molar-refractivity contribution in [2.24, 2.45) is 0 Å². The number of hydrogen-bond donors (Lipinski definition) is 0. The fourth-order valence-electron chi connectivity index (χ4n) is 3.83. The molecule has 1 heterocycles. The largest absolute Gasteiger partial charge is 0.386 e. The third-order valence-corrected chi connectivity index (χ3v) is 5.50. The van der Waals surface area contributed by atoms with Gasteiger partial charge in [-0.1, -0.05) is 25.5 Å². The summed E-state index contributed by atoms with van der Waals surface area (Å²) in [6, 6.07) is 4.37. The van der Waals surface area contributed by atoms with Gasteiger partial charge in [0.15, 0.2) is 35.4 Å². The Balaban J connectivity index is 1.53. The lowest BCUT2D eigenvalue weighted by Crippen LogP contribution is -2.38. The van der Waals surface area contributed by atoms with Crippen LogP contribution >= 0.6 is 0 Å². The number of ether oxygens (including phenoxy) is 3. The molecular formula is C24H18F8O3. The Kier molecular flexibility index (Phi) is 7.03. The van der Waals surface area contributed by atoms with Crippen LogP contribution < -0.4 is 0 Å². The molecule has 35 heavy (non-hydrogen) atoms. The van der Waals surface area contributed by atoms with Crippen LogP contribution in [0.15, 0.2) is 30.3 Å². The highest BCUT2D eigenvalue weighted by molar-refractivity contribution is 5.85. The van der Waals surface area contributed by atoms with Crippen molar-refractivity contribution in [3.05, 3.63) is 81.9 Å². The molecule has 0 unspecified atom stereocenters. The van der Waals surface area contributed by atoms with Gasteiger partial charge >= 0.3 is 6.11 Å². The molecule has 1 aliphatic heterocycles. The highest BCUT2D eigenvalue weighted by atomic mass is 19.3. The SMILES string of the molecule is CCCc1ccc2cc(C(F)(F)OC3COC(c4cc(F)c(F)c(F)c4)OC3)c(F)c(F)c2c1F. The Morgan fingerprint density at radius 2 is 1.49 bits per heavy atom. The van der Waals surface area contributed by atoms with E-state index in [9.17, 15) is 35.1 Å². The molecule has 188 valence electrons. The van der Waals surface area contributed by atoms with E-state index in [1.165, 1.54) is 12.1 Å². The summed E-state index contributed by atoms with van der Waals surface area (Å²) in [5, 5.41) is -1.02. The quantitative estimate of drug-likeness (QED) is 0.272. The smallest absolute Gasteiger partial charge is 0.346 e. The van der Waals surface area contributed by atoms with Crippen molar-refractivity contribution in [2.75, 3.05) is 13.2 Å². The number of rotatable bonds is 6. The molecule has 11 heteroatoms. The number of halogens is 8. The maximum absolute atomic E-state index is 14.8. The Bertz CT molecular complexity index is 1230. The number of benzene rings is 3. The van der Waals surface area contributed by atoms with E-state index >= 15 is 0 Å². The van der Waals surface area contributed by atoms with E-state index in [-0.39, 0.29) is 22.9 Å². The van der Waals surface area contributed by atoms with E-state index in [0.717, 1.165) is 0 Å². The Morgan fingerprint density at radius 1 is 0.857 bits per heavy atom. The first kappa shape index (κ1) is 25.3. The second-order valence-corrected chi connectivity index (χ2v) is 7.99. The molecule has 0 aliphatic carbocycles. The highest BCUT2D eigenvalue weighted by Gasteiger charge is 2.42. The van der Waals surface area contributed by atoms with Crippen molar-refractivity contribution in [2.45, 2.75) is 38.3 Å². The van der Waals surface area contributed by atoms with Gasteiger partial charge in [-0.15, -0.1) is 0 Å². The Labute approximate surface area is 194 Å². The molecule has 0 aromatic heterocycles. The van der Waals surface area contributed by atoms with Crippen LogP contribution in [-0.2, 0) is 26.7 Å². The summed E-state index contributed by atoms with van der Waals surface area (Å²) in [5.41, 5.74) is -1.56. The maximum atomic E-state index is 14.8. The molecule has 0 amide bonds. The molecule has 0 atom stereocenters. The molecule has 4 rings (SSSR count). The predicted molar refractivity (Wildman–Crippen MR) is 108 cm³/mol. The first-order valence-corrected chi connectivity index (χ1v) is 10.6.